The van der Waals surface area contributed by atoms with Gasteiger partial charge in [-0.2, -0.15) is 0 Å². The van der Waals surface area contributed by atoms with Gasteiger partial charge in [-0.3, -0.25) is 0 Å². The van der Waals surface area contributed by atoms with E-state index in [1.165, 1.54) is 17.4 Å². The SMILES string of the molecule is Fc1cc(Cl)ccc1Nc1nc2ccccc2s1. The molecular weight excluding hydrogens is 271 g/mol. The van der Waals surface area contributed by atoms with Crippen LogP contribution in [-0.2, 0) is 0 Å². The molecule has 1 N–H and O–H groups in total. The molecule has 0 spiro atoms. The van der Waals surface area contributed by atoms with Crippen LogP contribution in [0, 0.1) is 5.82 Å². The summed E-state index contributed by atoms with van der Waals surface area (Å²) in [4.78, 5) is 4.38. The zero-order valence-corrected chi connectivity index (χ0v) is 10.7. The molecule has 2 aromatic carbocycles. The van der Waals surface area contributed by atoms with E-state index in [1.54, 1.807) is 12.1 Å². The van der Waals surface area contributed by atoms with Crippen LogP contribution in [0.15, 0.2) is 42.5 Å². The normalized spacial score (nSPS) is 10.8. The van der Waals surface area contributed by atoms with Crippen LogP contribution in [0.3, 0.4) is 0 Å². The first-order chi connectivity index (χ1) is 8.72. The van der Waals surface area contributed by atoms with E-state index in [0.717, 1.165) is 10.2 Å². The molecule has 0 aliphatic carbocycles. The molecule has 0 fully saturated rings. The Hall–Kier alpha value is -1.65. The standard InChI is InChI=1S/C13H8ClFN2S/c14-8-5-6-10(9(15)7-8)16-13-17-11-3-1-2-4-12(11)18-13/h1-7H,(H,16,17). The van der Waals surface area contributed by atoms with Gasteiger partial charge in [0.05, 0.1) is 15.9 Å². The van der Waals surface area contributed by atoms with Gasteiger partial charge in [-0.15, -0.1) is 0 Å². The van der Waals surface area contributed by atoms with E-state index >= 15 is 0 Å². The third kappa shape index (κ3) is 2.17. The van der Waals surface area contributed by atoms with Gasteiger partial charge in [-0.1, -0.05) is 35.1 Å². The van der Waals surface area contributed by atoms with E-state index in [4.69, 9.17) is 11.6 Å². The van der Waals surface area contributed by atoms with Crippen LogP contribution < -0.4 is 5.32 Å². The van der Waals surface area contributed by atoms with E-state index in [2.05, 4.69) is 10.3 Å². The van der Waals surface area contributed by atoms with Gasteiger partial charge < -0.3 is 5.32 Å². The highest BCUT2D eigenvalue weighted by molar-refractivity contribution is 7.22. The summed E-state index contributed by atoms with van der Waals surface area (Å²) in [5, 5.41) is 4.00. The molecule has 5 heteroatoms. The molecule has 0 amide bonds. The molecule has 1 heterocycles. The molecule has 3 aromatic rings. The maximum atomic E-state index is 13.6. The summed E-state index contributed by atoms with van der Waals surface area (Å²) in [6.07, 6.45) is 0. The van der Waals surface area contributed by atoms with Crippen molar-refractivity contribution in [1.29, 1.82) is 0 Å². The molecular formula is C13H8ClFN2S. The third-order valence-electron chi connectivity index (χ3n) is 2.47. The first kappa shape index (κ1) is 11.4. The summed E-state index contributed by atoms with van der Waals surface area (Å²) in [5.41, 5.74) is 1.28. The Labute approximate surface area is 112 Å². The second-order valence-corrected chi connectivity index (χ2v) is 5.20. The van der Waals surface area contributed by atoms with Crippen LogP contribution in [0.2, 0.25) is 5.02 Å². The lowest BCUT2D eigenvalue weighted by Crippen LogP contribution is -1.92. The van der Waals surface area contributed by atoms with Gasteiger partial charge in [-0.05, 0) is 30.3 Å². The summed E-state index contributed by atoms with van der Waals surface area (Å²) in [5.74, 6) is -0.387. The molecule has 1 aromatic heterocycles. The molecule has 0 bridgehead atoms. The van der Waals surface area contributed by atoms with E-state index < -0.39 is 0 Å². The lowest BCUT2D eigenvalue weighted by molar-refractivity contribution is 0.632. The fourth-order valence-electron chi connectivity index (χ4n) is 1.63. The monoisotopic (exact) mass is 278 g/mol. The Morgan fingerprint density at radius 2 is 2.00 bits per heavy atom. The van der Waals surface area contributed by atoms with Crippen molar-refractivity contribution in [3.63, 3.8) is 0 Å². The summed E-state index contributed by atoms with van der Waals surface area (Å²) in [6, 6.07) is 12.3. The fraction of sp³-hybridized carbons (Fsp3) is 0. The largest absolute Gasteiger partial charge is 0.329 e. The molecule has 3 rings (SSSR count). The number of hydrogen-bond acceptors (Lipinski definition) is 3. The van der Waals surface area contributed by atoms with Crippen molar-refractivity contribution in [1.82, 2.24) is 4.98 Å². The second-order valence-electron chi connectivity index (χ2n) is 3.74. The highest BCUT2D eigenvalue weighted by atomic mass is 35.5. The number of halogens is 2. The van der Waals surface area contributed by atoms with Crippen molar-refractivity contribution >= 4 is 44.0 Å². The number of nitrogens with one attached hydrogen (secondary N) is 1. The van der Waals surface area contributed by atoms with Crippen LogP contribution in [0.1, 0.15) is 0 Å². The van der Waals surface area contributed by atoms with E-state index in [1.807, 2.05) is 24.3 Å². The van der Waals surface area contributed by atoms with Crippen LogP contribution >= 0.6 is 22.9 Å². The number of benzene rings is 2. The van der Waals surface area contributed by atoms with Gasteiger partial charge in [0.1, 0.15) is 5.82 Å². The first-order valence-corrected chi connectivity index (χ1v) is 6.49. The molecule has 2 nitrogen and oxygen atoms in total. The van der Waals surface area contributed by atoms with E-state index in [-0.39, 0.29) is 5.82 Å². The second kappa shape index (κ2) is 4.55. The minimum atomic E-state index is -0.387. The molecule has 90 valence electrons. The summed E-state index contributed by atoms with van der Waals surface area (Å²) in [7, 11) is 0. The zero-order chi connectivity index (χ0) is 12.5. The van der Waals surface area contributed by atoms with Gasteiger partial charge in [0.15, 0.2) is 5.13 Å². The lowest BCUT2D eigenvalue weighted by Gasteiger charge is -2.03. The van der Waals surface area contributed by atoms with Gasteiger partial charge >= 0.3 is 0 Å². The van der Waals surface area contributed by atoms with Crippen molar-refractivity contribution in [2.45, 2.75) is 0 Å². The quantitative estimate of drug-likeness (QED) is 0.726. The van der Waals surface area contributed by atoms with E-state index in [0.29, 0.717) is 15.8 Å². The predicted octanol–water partition coefficient (Wildman–Crippen LogP) is 4.83. The van der Waals surface area contributed by atoms with Crippen molar-refractivity contribution < 1.29 is 4.39 Å². The number of fused-ring (bicyclic) bond motifs is 1. The molecule has 0 saturated carbocycles. The fourth-order valence-corrected chi connectivity index (χ4v) is 2.67. The maximum absolute atomic E-state index is 13.6. The van der Waals surface area contributed by atoms with E-state index in [9.17, 15) is 4.39 Å². The predicted molar refractivity (Wildman–Crippen MR) is 74.3 cm³/mol. The average molecular weight is 279 g/mol. The molecule has 0 unspecified atom stereocenters. The van der Waals surface area contributed by atoms with Gasteiger partial charge in [-0.25, -0.2) is 9.37 Å². The average Bonchev–Trinajstić information content (AvgIpc) is 2.75. The molecule has 0 radical (unpaired) electrons. The van der Waals surface area contributed by atoms with Crippen LogP contribution in [-0.4, -0.2) is 4.98 Å². The number of nitrogens with zero attached hydrogens (tertiary/aromatic N) is 1. The number of rotatable bonds is 2. The maximum Gasteiger partial charge on any atom is 0.188 e. The topological polar surface area (TPSA) is 24.9 Å². The number of para-hydroxylation sites is 1. The minimum Gasteiger partial charge on any atom is -0.329 e. The number of hydrogen-bond donors (Lipinski definition) is 1. The van der Waals surface area contributed by atoms with Gasteiger partial charge in [0.2, 0.25) is 0 Å². The van der Waals surface area contributed by atoms with Crippen molar-refractivity contribution in [2.24, 2.45) is 0 Å². The van der Waals surface area contributed by atoms with Gasteiger partial charge in [0, 0.05) is 5.02 Å². The van der Waals surface area contributed by atoms with Gasteiger partial charge in [0.25, 0.3) is 0 Å². The third-order valence-corrected chi connectivity index (χ3v) is 3.65. The highest BCUT2D eigenvalue weighted by Crippen LogP contribution is 2.29. The zero-order valence-electron chi connectivity index (χ0n) is 9.15. The van der Waals surface area contributed by atoms with Crippen LogP contribution in [0.4, 0.5) is 15.2 Å². The summed E-state index contributed by atoms with van der Waals surface area (Å²) >= 11 is 7.19. The Balaban J connectivity index is 1.96. The van der Waals surface area contributed by atoms with Crippen LogP contribution in [0.25, 0.3) is 10.2 Å². The Morgan fingerprint density at radius 1 is 1.17 bits per heavy atom. The lowest BCUT2D eigenvalue weighted by atomic mass is 10.3. The molecule has 0 atom stereocenters. The molecule has 0 saturated heterocycles. The molecule has 18 heavy (non-hydrogen) atoms. The number of aromatic nitrogens is 1. The summed E-state index contributed by atoms with van der Waals surface area (Å²) in [6.45, 7) is 0. The number of thiazole rings is 1. The highest BCUT2D eigenvalue weighted by Gasteiger charge is 2.07. The Morgan fingerprint density at radius 3 is 2.78 bits per heavy atom. The first-order valence-electron chi connectivity index (χ1n) is 5.30. The Kier molecular flexibility index (Phi) is 2.89. The molecule has 0 aliphatic heterocycles. The minimum absolute atomic E-state index is 0.374. The number of anilines is 2. The smallest absolute Gasteiger partial charge is 0.188 e. The van der Waals surface area contributed by atoms with Crippen molar-refractivity contribution in [3.8, 4) is 0 Å². The Bertz CT molecular complexity index is 678. The van der Waals surface area contributed by atoms with Crippen LogP contribution in [0.5, 0.6) is 0 Å². The van der Waals surface area contributed by atoms with Crippen molar-refractivity contribution in [3.05, 3.63) is 53.3 Å². The van der Waals surface area contributed by atoms with Crippen molar-refractivity contribution in [2.75, 3.05) is 5.32 Å². The molecule has 0 aliphatic rings. The summed E-state index contributed by atoms with van der Waals surface area (Å²) < 4.78 is 14.7.